The Morgan fingerprint density at radius 2 is 1.87 bits per heavy atom. The van der Waals surface area contributed by atoms with Crippen LogP contribution in [0.15, 0.2) is 0 Å². The number of carboxylic acid groups (broad SMARTS) is 1. The second kappa shape index (κ2) is 6.40. The third-order valence-corrected chi connectivity index (χ3v) is 1.93. The average molecular weight is 217 g/mol. The number of carbonyl (C=O) groups is 2. The fraction of sp³-hybridized carbons (Fsp3) is 0.800. The molecule has 5 heteroatoms. The van der Waals surface area contributed by atoms with Crippen LogP contribution in [0.1, 0.15) is 33.1 Å². The molecule has 0 saturated carbocycles. The van der Waals surface area contributed by atoms with Crippen LogP contribution < -0.4 is 5.32 Å². The molecule has 1 amide bonds. The van der Waals surface area contributed by atoms with Crippen LogP contribution in [0.3, 0.4) is 0 Å². The van der Waals surface area contributed by atoms with E-state index in [1.165, 1.54) is 0 Å². The number of rotatable bonds is 7. The van der Waals surface area contributed by atoms with E-state index in [-0.39, 0.29) is 25.4 Å². The van der Waals surface area contributed by atoms with Gasteiger partial charge in [-0.25, -0.2) is 0 Å². The van der Waals surface area contributed by atoms with E-state index in [0.717, 1.165) is 0 Å². The molecule has 15 heavy (non-hydrogen) atoms. The quantitative estimate of drug-likeness (QED) is 0.538. The summed E-state index contributed by atoms with van der Waals surface area (Å²) in [4.78, 5) is 21.8. The van der Waals surface area contributed by atoms with Gasteiger partial charge in [-0.05, 0) is 11.8 Å². The zero-order valence-electron chi connectivity index (χ0n) is 9.25. The number of aliphatic carboxylic acids is 1. The van der Waals surface area contributed by atoms with Crippen molar-refractivity contribution in [3.8, 4) is 0 Å². The fourth-order valence-corrected chi connectivity index (χ4v) is 1.28. The Labute approximate surface area is 89.5 Å². The number of hydrogen-bond acceptors (Lipinski definition) is 3. The number of carboxylic acids is 1. The lowest BCUT2D eigenvalue weighted by Gasteiger charge is -2.21. The maximum absolute atomic E-state index is 11.3. The van der Waals surface area contributed by atoms with Gasteiger partial charge < -0.3 is 15.5 Å². The van der Waals surface area contributed by atoms with Gasteiger partial charge in [0.15, 0.2) is 0 Å². The maximum atomic E-state index is 11.3. The zero-order valence-corrected chi connectivity index (χ0v) is 9.25. The Hall–Kier alpha value is -1.10. The Balaban J connectivity index is 3.88. The zero-order chi connectivity index (χ0) is 11.9. The van der Waals surface area contributed by atoms with E-state index < -0.39 is 11.4 Å². The molecule has 0 aromatic heterocycles. The van der Waals surface area contributed by atoms with Gasteiger partial charge in [-0.3, -0.25) is 9.59 Å². The number of aliphatic hydroxyl groups excluding tert-OH is 1. The number of nitrogens with one attached hydrogen (secondary N) is 1. The minimum absolute atomic E-state index is 0.0274. The molecule has 0 aliphatic carbocycles. The van der Waals surface area contributed by atoms with Crippen molar-refractivity contribution in [2.24, 2.45) is 5.41 Å². The first-order valence-corrected chi connectivity index (χ1v) is 4.97. The lowest BCUT2D eigenvalue weighted by atomic mass is 9.85. The van der Waals surface area contributed by atoms with Crippen LogP contribution >= 0.6 is 0 Å². The molecule has 0 rings (SSSR count). The van der Waals surface area contributed by atoms with E-state index in [9.17, 15) is 9.59 Å². The van der Waals surface area contributed by atoms with E-state index in [0.29, 0.717) is 13.0 Å². The summed E-state index contributed by atoms with van der Waals surface area (Å²) in [6.07, 6.45) is 0.677. The molecule has 0 heterocycles. The van der Waals surface area contributed by atoms with Crippen molar-refractivity contribution < 1.29 is 19.8 Å². The van der Waals surface area contributed by atoms with Crippen molar-refractivity contribution in [3.63, 3.8) is 0 Å². The van der Waals surface area contributed by atoms with Crippen LogP contribution in [-0.4, -0.2) is 35.2 Å². The highest BCUT2D eigenvalue weighted by atomic mass is 16.4. The Bertz CT molecular complexity index is 225. The molecular formula is C10H19NO4. The molecule has 3 N–H and O–H groups in total. The van der Waals surface area contributed by atoms with E-state index >= 15 is 0 Å². The van der Waals surface area contributed by atoms with E-state index in [4.69, 9.17) is 10.2 Å². The van der Waals surface area contributed by atoms with Crippen molar-refractivity contribution in [3.05, 3.63) is 0 Å². The summed E-state index contributed by atoms with van der Waals surface area (Å²) >= 11 is 0. The number of aliphatic hydroxyl groups is 1. The van der Waals surface area contributed by atoms with Gasteiger partial charge in [-0.2, -0.15) is 0 Å². The molecule has 0 aliphatic rings. The Morgan fingerprint density at radius 1 is 1.27 bits per heavy atom. The third-order valence-electron chi connectivity index (χ3n) is 1.93. The van der Waals surface area contributed by atoms with E-state index in [1.54, 1.807) is 13.8 Å². The van der Waals surface area contributed by atoms with E-state index in [1.807, 2.05) is 0 Å². The predicted octanol–water partition coefficient (Wildman–Crippen LogP) is 0.376. The van der Waals surface area contributed by atoms with Gasteiger partial charge in [-0.1, -0.05) is 13.8 Å². The minimum atomic E-state index is -0.900. The van der Waals surface area contributed by atoms with Crippen molar-refractivity contribution in [2.75, 3.05) is 13.2 Å². The molecule has 0 saturated heterocycles. The number of carbonyl (C=O) groups excluding carboxylic acids is 1. The van der Waals surface area contributed by atoms with Crippen LogP contribution in [0, 0.1) is 5.41 Å². The summed E-state index contributed by atoms with van der Waals surface area (Å²) in [5.41, 5.74) is -0.533. The lowest BCUT2D eigenvalue weighted by molar-refractivity contribution is -0.139. The summed E-state index contributed by atoms with van der Waals surface area (Å²) in [6, 6.07) is 0. The third kappa shape index (κ3) is 7.93. The lowest BCUT2D eigenvalue weighted by Crippen LogP contribution is -2.31. The molecular weight excluding hydrogens is 198 g/mol. The van der Waals surface area contributed by atoms with Crippen LogP contribution in [0.2, 0.25) is 0 Å². The molecule has 0 spiro atoms. The minimum Gasteiger partial charge on any atom is -0.481 e. The smallest absolute Gasteiger partial charge is 0.303 e. The van der Waals surface area contributed by atoms with Crippen molar-refractivity contribution in [1.29, 1.82) is 0 Å². The van der Waals surface area contributed by atoms with Crippen LogP contribution in [0.5, 0.6) is 0 Å². The number of amides is 1. The van der Waals surface area contributed by atoms with Crippen molar-refractivity contribution in [2.45, 2.75) is 33.1 Å². The maximum Gasteiger partial charge on any atom is 0.303 e. The van der Waals surface area contributed by atoms with Gasteiger partial charge in [0, 0.05) is 19.6 Å². The van der Waals surface area contributed by atoms with Gasteiger partial charge in [-0.15, -0.1) is 0 Å². The van der Waals surface area contributed by atoms with Crippen LogP contribution in [0.4, 0.5) is 0 Å². The second-order valence-corrected chi connectivity index (χ2v) is 4.34. The van der Waals surface area contributed by atoms with Crippen molar-refractivity contribution >= 4 is 11.9 Å². The topological polar surface area (TPSA) is 86.6 Å². The number of hydrogen-bond donors (Lipinski definition) is 3. The summed E-state index contributed by atoms with van der Waals surface area (Å²) in [5.74, 6) is -1.07. The average Bonchev–Trinajstić information content (AvgIpc) is 2.00. The first kappa shape index (κ1) is 13.9. The molecule has 0 fully saturated rings. The molecule has 0 atom stereocenters. The van der Waals surface area contributed by atoms with Gasteiger partial charge in [0.05, 0.1) is 6.42 Å². The largest absolute Gasteiger partial charge is 0.481 e. The van der Waals surface area contributed by atoms with Gasteiger partial charge in [0.25, 0.3) is 0 Å². The molecule has 0 aromatic rings. The molecule has 5 nitrogen and oxygen atoms in total. The molecule has 88 valence electrons. The van der Waals surface area contributed by atoms with Crippen molar-refractivity contribution in [1.82, 2.24) is 5.32 Å². The van der Waals surface area contributed by atoms with Gasteiger partial charge in [0.1, 0.15) is 0 Å². The van der Waals surface area contributed by atoms with Crippen LogP contribution in [0.25, 0.3) is 0 Å². The Kier molecular flexibility index (Phi) is 5.93. The fourth-order valence-electron chi connectivity index (χ4n) is 1.28. The predicted molar refractivity (Wildman–Crippen MR) is 55.4 cm³/mol. The summed E-state index contributed by atoms with van der Waals surface area (Å²) in [7, 11) is 0. The molecule has 0 radical (unpaired) electrons. The van der Waals surface area contributed by atoms with Crippen LogP contribution in [-0.2, 0) is 9.59 Å². The molecule has 0 aliphatic heterocycles. The highest BCUT2D eigenvalue weighted by Crippen LogP contribution is 2.24. The normalized spacial score (nSPS) is 11.1. The standard InChI is InChI=1S/C10H19NO4/c1-10(2,7-9(14)15)6-8(13)11-4-3-5-12/h12H,3-7H2,1-2H3,(H,11,13)(H,14,15). The summed E-state index contributed by atoms with van der Waals surface area (Å²) in [5, 5.41) is 19.7. The highest BCUT2D eigenvalue weighted by molar-refractivity contribution is 5.77. The molecule has 0 bridgehead atoms. The highest BCUT2D eigenvalue weighted by Gasteiger charge is 2.24. The van der Waals surface area contributed by atoms with Gasteiger partial charge in [0.2, 0.25) is 5.91 Å². The molecule has 0 unspecified atom stereocenters. The second-order valence-electron chi connectivity index (χ2n) is 4.34. The SMILES string of the molecule is CC(C)(CC(=O)O)CC(=O)NCCCO. The summed E-state index contributed by atoms with van der Waals surface area (Å²) in [6.45, 7) is 3.96. The van der Waals surface area contributed by atoms with Gasteiger partial charge >= 0.3 is 5.97 Å². The first-order chi connectivity index (χ1) is 6.87. The first-order valence-electron chi connectivity index (χ1n) is 4.97. The Morgan fingerprint density at radius 3 is 2.33 bits per heavy atom. The van der Waals surface area contributed by atoms with E-state index in [2.05, 4.69) is 5.32 Å². The monoisotopic (exact) mass is 217 g/mol. The molecule has 0 aromatic carbocycles. The summed E-state index contributed by atoms with van der Waals surface area (Å²) < 4.78 is 0.